The average molecular weight is 201 g/mol. The van der Waals surface area contributed by atoms with Crippen molar-refractivity contribution in [2.24, 2.45) is 0 Å². The molecule has 0 saturated carbocycles. The maximum absolute atomic E-state index is 4.24. The number of hydrogen-bond acceptors (Lipinski definition) is 1. The fourth-order valence-corrected chi connectivity index (χ4v) is 1.81. The van der Waals surface area contributed by atoms with Crippen molar-refractivity contribution in [3.8, 4) is 0 Å². The lowest BCUT2D eigenvalue weighted by atomic mass is 10.2. The van der Waals surface area contributed by atoms with Crippen LogP contribution in [0.15, 0.2) is 12.4 Å². The summed E-state index contributed by atoms with van der Waals surface area (Å²) in [7, 11) is 0. The SMILES string of the molecule is BrC1CCn2ccnc2C1. The van der Waals surface area contributed by atoms with Gasteiger partial charge in [0.15, 0.2) is 0 Å². The first-order chi connectivity index (χ1) is 4.86. The van der Waals surface area contributed by atoms with E-state index in [1.54, 1.807) is 0 Å². The molecule has 0 N–H and O–H groups in total. The predicted molar refractivity (Wildman–Crippen MR) is 43.3 cm³/mol. The molecule has 0 aliphatic carbocycles. The van der Waals surface area contributed by atoms with Crippen LogP contribution in [-0.4, -0.2) is 14.4 Å². The standard InChI is InChI=1S/C7H9BrN2/c8-6-1-3-10-4-2-9-7(10)5-6/h2,4,6H,1,3,5H2. The van der Waals surface area contributed by atoms with Crippen molar-refractivity contribution >= 4 is 15.9 Å². The maximum Gasteiger partial charge on any atom is 0.109 e. The number of fused-ring (bicyclic) bond motifs is 1. The Bertz CT molecular complexity index is 231. The molecule has 1 aromatic heterocycles. The number of halogens is 1. The van der Waals surface area contributed by atoms with Gasteiger partial charge in [0.2, 0.25) is 0 Å². The first-order valence-corrected chi connectivity index (χ1v) is 4.42. The average Bonchev–Trinajstić information content (AvgIpc) is 2.33. The fourth-order valence-electron chi connectivity index (χ4n) is 1.31. The second kappa shape index (κ2) is 2.38. The van der Waals surface area contributed by atoms with Crippen LogP contribution >= 0.6 is 15.9 Å². The Labute approximate surface area is 68.4 Å². The summed E-state index contributed by atoms with van der Waals surface area (Å²) in [4.78, 5) is 4.88. The van der Waals surface area contributed by atoms with Gasteiger partial charge < -0.3 is 4.57 Å². The van der Waals surface area contributed by atoms with Crippen molar-refractivity contribution in [2.45, 2.75) is 24.2 Å². The van der Waals surface area contributed by atoms with Gasteiger partial charge in [0.1, 0.15) is 5.82 Å². The Morgan fingerprint density at radius 3 is 3.50 bits per heavy atom. The van der Waals surface area contributed by atoms with Crippen molar-refractivity contribution in [1.82, 2.24) is 9.55 Å². The van der Waals surface area contributed by atoms with E-state index in [9.17, 15) is 0 Å². The van der Waals surface area contributed by atoms with E-state index in [1.807, 2.05) is 12.4 Å². The molecule has 3 heteroatoms. The van der Waals surface area contributed by atoms with E-state index in [-0.39, 0.29) is 0 Å². The van der Waals surface area contributed by atoms with Crippen LogP contribution in [-0.2, 0) is 13.0 Å². The summed E-state index contributed by atoms with van der Waals surface area (Å²) in [6.07, 6.45) is 6.23. The molecule has 2 nitrogen and oxygen atoms in total. The quantitative estimate of drug-likeness (QED) is 0.583. The van der Waals surface area contributed by atoms with Crippen LogP contribution in [0.25, 0.3) is 0 Å². The van der Waals surface area contributed by atoms with E-state index in [0.717, 1.165) is 13.0 Å². The van der Waals surface area contributed by atoms with Gasteiger partial charge in [0, 0.05) is 30.2 Å². The topological polar surface area (TPSA) is 17.8 Å². The van der Waals surface area contributed by atoms with Crippen molar-refractivity contribution in [1.29, 1.82) is 0 Å². The normalized spacial score (nSPS) is 24.3. The van der Waals surface area contributed by atoms with Crippen LogP contribution in [0.4, 0.5) is 0 Å². The van der Waals surface area contributed by atoms with Gasteiger partial charge in [-0.15, -0.1) is 0 Å². The Kier molecular flexibility index (Phi) is 1.52. The molecule has 0 bridgehead atoms. The molecule has 2 rings (SSSR count). The van der Waals surface area contributed by atoms with Gasteiger partial charge >= 0.3 is 0 Å². The molecule has 1 unspecified atom stereocenters. The first-order valence-electron chi connectivity index (χ1n) is 3.50. The summed E-state index contributed by atoms with van der Waals surface area (Å²) >= 11 is 3.59. The van der Waals surface area contributed by atoms with Crippen LogP contribution in [0.3, 0.4) is 0 Å². The second-order valence-electron chi connectivity index (χ2n) is 2.63. The molecule has 1 aliphatic heterocycles. The number of rotatable bonds is 0. The molecule has 2 heterocycles. The van der Waals surface area contributed by atoms with Crippen LogP contribution in [0.5, 0.6) is 0 Å². The molecule has 1 aromatic rings. The third-order valence-corrected chi connectivity index (χ3v) is 2.67. The highest BCUT2D eigenvalue weighted by molar-refractivity contribution is 9.09. The van der Waals surface area contributed by atoms with E-state index in [2.05, 4.69) is 25.5 Å². The fraction of sp³-hybridized carbons (Fsp3) is 0.571. The smallest absolute Gasteiger partial charge is 0.109 e. The van der Waals surface area contributed by atoms with Gasteiger partial charge in [0.05, 0.1) is 0 Å². The van der Waals surface area contributed by atoms with Crippen LogP contribution in [0.2, 0.25) is 0 Å². The van der Waals surface area contributed by atoms with Crippen molar-refractivity contribution in [3.63, 3.8) is 0 Å². The second-order valence-corrected chi connectivity index (χ2v) is 3.92. The minimum absolute atomic E-state index is 0.641. The Balaban J connectivity index is 2.30. The highest BCUT2D eigenvalue weighted by atomic mass is 79.9. The Hall–Kier alpha value is -0.310. The lowest BCUT2D eigenvalue weighted by Gasteiger charge is -2.17. The molecule has 0 aromatic carbocycles. The monoisotopic (exact) mass is 200 g/mol. The molecular weight excluding hydrogens is 192 g/mol. The third-order valence-electron chi connectivity index (χ3n) is 1.89. The van der Waals surface area contributed by atoms with Gasteiger partial charge in [-0.05, 0) is 6.42 Å². The number of alkyl halides is 1. The zero-order valence-corrected chi connectivity index (χ0v) is 7.21. The van der Waals surface area contributed by atoms with E-state index in [0.29, 0.717) is 4.83 Å². The van der Waals surface area contributed by atoms with E-state index in [4.69, 9.17) is 0 Å². The molecule has 10 heavy (non-hydrogen) atoms. The lowest BCUT2D eigenvalue weighted by molar-refractivity contribution is 0.537. The summed E-state index contributed by atoms with van der Waals surface area (Å²) in [5.41, 5.74) is 0. The van der Waals surface area contributed by atoms with Crippen LogP contribution in [0.1, 0.15) is 12.2 Å². The van der Waals surface area contributed by atoms with Gasteiger partial charge in [-0.1, -0.05) is 15.9 Å². The van der Waals surface area contributed by atoms with Crippen molar-refractivity contribution in [2.75, 3.05) is 0 Å². The molecule has 1 atom stereocenters. The number of imidazole rings is 1. The number of hydrogen-bond donors (Lipinski definition) is 0. The minimum atomic E-state index is 0.641. The Morgan fingerprint density at radius 2 is 2.60 bits per heavy atom. The van der Waals surface area contributed by atoms with E-state index in [1.165, 1.54) is 12.2 Å². The summed E-state index contributed by atoms with van der Waals surface area (Å²) in [5, 5.41) is 0. The van der Waals surface area contributed by atoms with Crippen molar-refractivity contribution < 1.29 is 0 Å². The van der Waals surface area contributed by atoms with E-state index >= 15 is 0 Å². The molecular formula is C7H9BrN2. The molecule has 1 aliphatic rings. The summed E-state index contributed by atoms with van der Waals surface area (Å²) < 4.78 is 2.22. The van der Waals surface area contributed by atoms with Gasteiger partial charge in [-0.25, -0.2) is 4.98 Å². The maximum atomic E-state index is 4.24. The molecule has 0 radical (unpaired) electrons. The number of nitrogens with zero attached hydrogens (tertiary/aromatic N) is 2. The number of aryl methyl sites for hydroxylation is 1. The highest BCUT2D eigenvalue weighted by Crippen LogP contribution is 2.18. The zero-order chi connectivity index (χ0) is 6.97. The summed E-state index contributed by atoms with van der Waals surface area (Å²) in [5.74, 6) is 1.22. The van der Waals surface area contributed by atoms with Crippen LogP contribution < -0.4 is 0 Å². The molecule has 54 valence electrons. The molecule has 0 spiro atoms. The minimum Gasteiger partial charge on any atom is -0.335 e. The van der Waals surface area contributed by atoms with Gasteiger partial charge in [-0.3, -0.25) is 0 Å². The molecule has 0 amide bonds. The van der Waals surface area contributed by atoms with Gasteiger partial charge in [0.25, 0.3) is 0 Å². The third kappa shape index (κ3) is 0.985. The number of aromatic nitrogens is 2. The molecule has 0 saturated heterocycles. The van der Waals surface area contributed by atoms with E-state index < -0.39 is 0 Å². The summed E-state index contributed by atoms with van der Waals surface area (Å²) in [6.45, 7) is 1.12. The Morgan fingerprint density at radius 1 is 1.70 bits per heavy atom. The highest BCUT2D eigenvalue weighted by Gasteiger charge is 2.15. The van der Waals surface area contributed by atoms with Gasteiger partial charge in [-0.2, -0.15) is 0 Å². The predicted octanol–water partition coefficient (Wildman–Crippen LogP) is 1.59. The summed E-state index contributed by atoms with van der Waals surface area (Å²) in [6, 6.07) is 0. The first kappa shape index (κ1) is 6.40. The molecule has 0 fully saturated rings. The lowest BCUT2D eigenvalue weighted by Crippen LogP contribution is -2.18. The van der Waals surface area contributed by atoms with Crippen LogP contribution in [0, 0.1) is 0 Å². The largest absolute Gasteiger partial charge is 0.335 e. The zero-order valence-electron chi connectivity index (χ0n) is 5.63. The van der Waals surface area contributed by atoms with Crippen molar-refractivity contribution in [3.05, 3.63) is 18.2 Å².